The van der Waals surface area contributed by atoms with Gasteiger partial charge in [-0.2, -0.15) is 0 Å². The molecule has 0 aromatic heterocycles. The van der Waals surface area contributed by atoms with Gasteiger partial charge in [0.25, 0.3) is 0 Å². The number of amides is 1. The molecule has 1 amide bonds. The van der Waals surface area contributed by atoms with Crippen molar-refractivity contribution in [3.05, 3.63) is 58.6 Å². The van der Waals surface area contributed by atoms with Crippen LogP contribution in [0.1, 0.15) is 41.7 Å². The summed E-state index contributed by atoms with van der Waals surface area (Å²) in [5, 5.41) is 3.48. The molecule has 1 N–H and O–H groups in total. The standard InChI is InChI=1S/C20H20ClNO4/c1-13(15-4-2-3-5-16(15)21)22-20(24)9-7-17(23)14-6-8-18-19(12-14)26-11-10-25-18/h2-6,8,12-13H,7,9-11H2,1H3,(H,22,24). The van der Waals surface area contributed by atoms with E-state index in [-0.39, 0.29) is 30.6 Å². The van der Waals surface area contributed by atoms with Gasteiger partial charge in [0.15, 0.2) is 17.3 Å². The Morgan fingerprint density at radius 2 is 1.81 bits per heavy atom. The second-order valence-corrected chi connectivity index (χ2v) is 6.50. The van der Waals surface area contributed by atoms with E-state index < -0.39 is 0 Å². The smallest absolute Gasteiger partial charge is 0.220 e. The first-order valence-electron chi connectivity index (χ1n) is 8.51. The van der Waals surface area contributed by atoms with Crippen LogP contribution in [0, 0.1) is 0 Å². The van der Waals surface area contributed by atoms with Gasteiger partial charge < -0.3 is 14.8 Å². The Morgan fingerprint density at radius 1 is 1.08 bits per heavy atom. The third kappa shape index (κ3) is 4.35. The lowest BCUT2D eigenvalue weighted by molar-refractivity contribution is -0.121. The summed E-state index contributed by atoms with van der Waals surface area (Å²) in [5.74, 6) is 0.906. The Balaban J connectivity index is 1.54. The van der Waals surface area contributed by atoms with Crippen LogP contribution in [0.3, 0.4) is 0 Å². The first-order chi connectivity index (χ1) is 12.5. The molecule has 0 aliphatic carbocycles. The summed E-state index contributed by atoms with van der Waals surface area (Å²) in [6.45, 7) is 2.83. The monoisotopic (exact) mass is 373 g/mol. The Kier molecular flexibility index (Phi) is 5.78. The van der Waals surface area contributed by atoms with Crippen molar-refractivity contribution in [2.45, 2.75) is 25.8 Å². The van der Waals surface area contributed by atoms with Gasteiger partial charge in [0.1, 0.15) is 13.2 Å². The number of carbonyl (C=O) groups excluding carboxylic acids is 2. The molecule has 0 saturated heterocycles. The number of rotatable bonds is 6. The van der Waals surface area contributed by atoms with Crippen molar-refractivity contribution >= 4 is 23.3 Å². The van der Waals surface area contributed by atoms with Crippen LogP contribution in [0.25, 0.3) is 0 Å². The molecule has 1 aliphatic heterocycles. The number of hydrogen-bond acceptors (Lipinski definition) is 4. The molecule has 1 aliphatic rings. The van der Waals surface area contributed by atoms with Crippen LogP contribution >= 0.6 is 11.6 Å². The minimum atomic E-state index is -0.222. The molecule has 0 saturated carbocycles. The fourth-order valence-corrected chi connectivity index (χ4v) is 3.11. The minimum Gasteiger partial charge on any atom is -0.486 e. The lowest BCUT2D eigenvalue weighted by atomic mass is 10.0. The van der Waals surface area contributed by atoms with E-state index in [9.17, 15) is 9.59 Å². The Hall–Kier alpha value is -2.53. The fourth-order valence-electron chi connectivity index (χ4n) is 2.81. The third-order valence-corrected chi connectivity index (χ3v) is 4.54. The minimum absolute atomic E-state index is 0.109. The van der Waals surface area contributed by atoms with Gasteiger partial charge in [-0.25, -0.2) is 0 Å². The summed E-state index contributed by atoms with van der Waals surface area (Å²) >= 11 is 6.14. The average Bonchev–Trinajstić information content (AvgIpc) is 2.66. The number of benzene rings is 2. The zero-order chi connectivity index (χ0) is 18.5. The molecule has 0 bridgehead atoms. The highest BCUT2D eigenvalue weighted by Gasteiger charge is 2.17. The lowest BCUT2D eigenvalue weighted by Crippen LogP contribution is -2.27. The summed E-state index contributed by atoms with van der Waals surface area (Å²) < 4.78 is 10.9. The van der Waals surface area contributed by atoms with E-state index in [1.165, 1.54) is 0 Å². The fraction of sp³-hybridized carbons (Fsp3) is 0.300. The molecule has 2 aromatic carbocycles. The zero-order valence-corrected chi connectivity index (χ0v) is 15.2. The van der Waals surface area contributed by atoms with Gasteiger partial charge in [0.2, 0.25) is 5.91 Å². The molecule has 136 valence electrons. The second kappa shape index (κ2) is 8.23. The Morgan fingerprint density at radius 3 is 2.58 bits per heavy atom. The maximum absolute atomic E-state index is 12.3. The predicted octanol–water partition coefficient (Wildman–Crippen LogP) is 3.95. The zero-order valence-electron chi connectivity index (χ0n) is 14.5. The molecule has 1 unspecified atom stereocenters. The van der Waals surface area contributed by atoms with Crippen molar-refractivity contribution in [1.29, 1.82) is 0 Å². The number of ether oxygens (including phenoxy) is 2. The molecule has 0 spiro atoms. The normalized spacial score (nSPS) is 13.8. The topological polar surface area (TPSA) is 64.6 Å². The van der Waals surface area contributed by atoms with Crippen molar-refractivity contribution in [3.63, 3.8) is 0 Å². The molecule has 1 heterocycles. The lowest BCUT2D eigenvalue weighted by Gasteiger charge is -2.18. The molecule has 2 aromatic rings. The van der Waals surface area contributed by atoms with E-state index in [1.807, 2.05) is 25.1 Å². The number of fused-ring (bicyclic) bond motifs is 1. The highest BCUT2D eigenvalue weighted by Crippen LogP contribution is 2.31. The highest BCUT2D eigenvalue weighted by atomic mass is 35.5. The SMILES string of the molecule is CC(NC(=O)CCC(=O)c1ccc2c(c1)OCCO2)c1ccccc1Cl. The molecule has 0 fully saturated rings. The molecule has 0 radical (unpaired) electrons. The molecular weight excluding hydrogens is 354 g/mol. The molecule has 1 atom stereocenters. The number of carbonyl (C=O) groups is 2. The Bertz CT molecular complexity index is 821. The summed E-state index contributed by atoms with van der Waals surface area (Å²) in [7, 11) is 0. The van der Waals surface area contributed by atoms with E-state index in [0.29, 0.717) is 35.3 Å². The molecule has 6 heteroatoms. The molecule has 3 rings (SSSR count). The highest BCUT2D eigenvalue weighted by molar-refractivity contribution is 6.31. The van der Waals surface area contributed by atoms with Crippen molar-refractivity contribution in [2.75, 3.05) is 13.2 Å². The number of hydrogen-bond donors (Lipinski definition) is 1. The van der Waals surface area contributed by atoms with Gasteiger partial charge in [-0.05, 0) is 36.8 Å². The first-order valence-corrected chi connectivity index (χ1v) is 8.89. The van der Waals surface area contributed by atoms with E-state index >= 15 is 0 Å². The van der Waals surface area contributed by atoms with E-state index in [1.54, 1.807) is 24.3 Å². The molecule has 5 nitrogen and oxygen atoms in total. The summed E-state index contributed by atoms with van der Waals surface area (Å²) in [4.78, 5) is 24.5. The van der Waals surface area contributed by atoms with Gasteiger partial charge in [-0.1, -0.05) is 29.8 Å². The quantitative estimate of drug-likeness (QED) is 0.778. The van der Waals surface area contributed by atoms with E-state index in [0.717, 1.165) is 5.56 Å². The molecular formula is C20H20ClNO4. The third-order valence-electron chi connectivity index (χ3n) is 4.19. The van der Waals surface area contributed by atoms with E-state index in [2.05, 4.69) is 5.32 Å². The molecule has 26 heavy (non-hydrogen) atoms. The van der Waals surface area contributed by atoms with Gasteiger partial charge in [0, 0.05) is 23.4 Å². The maximum Gasteiger partial charge on any atom is 0.220 e. The van der Waals surface area contributed by atoms with E-state index in [4.69, 9.17) is 21.1 Å². The van der Waals surface area contributed by atoms with Crippen LogP contribution in [0.15, 0.2) is 42.5 Å². The van der Waals surface area contributed by atoms with Crippen molar-refractivity contribution in [3.8, 4) is 11.5 Å². The first kappa shape index (κ1) is 18.3. The van der Waals surface area contributed by atoms with Crippen molar-refractivity contribution in [2.24, 2.45) is 0 Å². The van der Waals surface area contributed by atoms with Crippen LogP contribution in [-0.2, 0) is 4.79 Å². The van der Waals surface area contributed by atoms with Gasteiger partial charge in [-0.3, -0.25) is 9.59 Å². The predicted molar refractivity (Wildman–Crippen MR) is 99.0 cm³/mol. The van der Waals surface area contributed by atoms with Crippen LogP contribution < -0.4 is 14.8 Å². The van der Waals surface area contributed by atoms with Crippen LogP contribution in [0.5, 0.6) is 11.5 Å². The van der Waals surface area contributed by atoms with Crippen LogP contribution in [-0.4, -0.2) is 24.9 Å². The second-order valence-electron chi connectivity index (χ2n) is 6.09. The summed E-state index contributed by atoms with van der Waals surface area (Å²) in [5.41, 5.74) is 1.36. The van der Waals surface area contributed by atoms with Crippen LogP contribution in [0.2, 0.25) is 5.02 Å². The van der Waals surface area contributed by atoms with Crippen molar-refractivity contribution in [1.82, 2.24) is 5.32 Å². The van der Waals surface area contributed by atoms with Crippen LogP contribution in [0.4, 0.5) is 0 Å². The number of halogens is 1. The average molecular weight is 374 g/mol. The van der Waals surface area contributed by atoms with Gasteiger partial charge in [-0.15, -0.1) is 0 Å². The van der Waals surface area contributed by atoms with Gasteiger partial charge in [0.05, 0.1) is 6.04 Å². The number of ketones is 1. The largest absolute Gasteiger partial charge is 0.486 e. The number of nitrogens with one attached hydrogen (secondary N) is 1. The number of Topliss-reactive ketones (excluding diaryl/α,β-unsaturated/α-hetero) is 1. The summed E-state index contributed by atoms with van der Waals surface area (Å²) in [6.07, 6.45) is 0.239. The van der Waals surface area contributed by atoms with Gasteiger partial charge >= 0.3 is 0 Å². The summed E-state index contributed by atoms with van der Waals surface area (Å²) in [6, 6.07) is 12.2. The maximum atomic E-state index is 12.3. The Labute approximate surface area is 157 Å². The van der Waals surface area contributed by atoms with Crippen molar-refractivity contribution < 1.29 is 19.1 Å².